The molecule has 0 aromatic heterocycles. The van der Waals surface area contributed by atoms with Crippen LogP contribution in [-0.4, -0.2) is 37.2 Å². The molecule has 1 atom stereocenters. The minimum Gasteiger partial charge on any atom is -0.462 e. The Bertz CT molecular complexity index is 1280. The summed E-state index contributed by atoms with van der Waals surface area (Å²) in [6.07, 6.45) is 75.2. The van der Waals surface area contributed by atoms with Crippen molar-refractivity contribution in [3.05, 3.63) is 60.8 Å². The van der Waals surface area contributed by atoms with Crippen molar-refractivity contribution in [3.63, 3.8) is 0 Å². The van der Waals surface area contributed by atoms with E-state index in [1.807, 2.05) is 0 Å². The van der Waals surface area contributed by atoms with Gasteiger partial charge in [0, 0.05) is 19.3 Å². The largest absolute Gasteiger partial charge is 0.462 e. The van der Waals surface area contributed by atoms with Gasteiger partial charge in [-0.1, -0.05) is 274 Å². The number of unbranched alkanes of at least 4 members (excludes halogenated alkanes) is 35. The zero-order chi connectivity index (χ0) is 51.4. The van der Waals surface area contributed by atoms with Crippen molar-refractivity contribution in [1.29, 1.82) is 0 Å². The normalized spacial score (nSPS) is 12.4. The quantitative estimate of drug-likeness (QED) is 0.0261. The molecule has 0 rings (SSSR count). The molecule has 0 spiro atoms. The summed E-state index contributed by atoms with van der Waals surface area (Å²) in [5, 5.41) is 0. The van der Waals surface area contributed by atoms with Crippen LogP contribution in [0.2, 0.25) is 0 Å². The van der Waals surface area contributed by atoms with Crippen molar-refractivity contribution >= 4 is 17.9 Å². The van der Waals surface area contributed by atoms with Crippen LogP contribution in [0.15, 0.2) is 60.8 Å². The number of hydrogen-bond acceptors (Lipinski definition) is 6. The van der Waals surface area contributed by atoms with Gasteiger partial charge in [0.25, 0.3) is 0 Å². The Morgan fingerprint density at radius 1 is 0.282 bits per heavy atom. The minimum absolute atomic E-state index is 0.0768. The van der Waals surface area contributed by atoms with E-state index in [1.165, 1.54) is 173 Å². The summed E-state index contributed by atoms with van der Waals surface area (Å²) in [7, 11) is 0. The smallest absolute Gasteiger partial charge is 0.306 e. The first-order valence-electron chi connectivity index (χ1n) is 30.8. The highest BCUT2D eigenvalue weighted by atomic mass is 16.6. The van der Waals surface area contributed by atoms with E-state index < -0.39 is 6.10 Å². The van der Waals surface area contributed by atoms with Gasteiger partial charge in [-0.05, 0) is 83.5 Å². The number of allylic oxidation sites excluding steroid dienone is 10. The van der Waals surface area contributed by atoms with Gasteiger partial charge in [0.15, 0.2) is 6.10 Å². The van der Waals surface area contributed by atoms with E-state index in [2.05, 4.69) is 81.5 Å². The van der Waals surface area contributed by atoms with Gasteiger partial charge in [0.05, 0.1) is 0 Å². The summed E-state index contributed by atoms with van der Waals surface area (Å²) in [6.45, 7) is 6.57. The summed E-state index contributed by atoms with van der Waals surface area (Å²) in [4.78, 5) is 38.1. The van der Waals surface area contributed by atoms with Crippen LogP contribution in [0.25, 0.3) is 0 Å². The predicted octanol–water partition coefficient (Wildman–Crippen LogP) is 20.8. The second kappa shape index (κ2) is 59.7. The first-order valence-corrected chi connectivity index (χ1v) is 30.8. The molecule has 0 saturated carbocycles. The van der Waals surface area contributed by atoms with Crippen LogP contribution in [0.5, 0.6) is 0 Å². The van der Waals surface area contributed by atoms with Crippen LogP contribution in [0.3, 0.4) is 0 Å². The van der Waals surface area contributed by atoms with E-state index in [9.17, 15) is 14.4 Å². The van der Waals surface area contributed by atoms with Crippen LogP contribution < -0.4 is 0 Å². The maximum absolute atomic E-state index is 12.8. The molecule has 71 heavy (non-hydrogen) atoms. The van der Waals surface area contributed by atoms with Gasteiger partial charge in [0.2, 0.25) is 0 Å². The Morgan fingerprint density at radius 2 is 0.535 bits per heavy atom. The molecule has 0 amide bonds. The van der Waals surface area contributed by atoms with E-state index in [0.717, 1.165) is 103 Å². The fraction of sp³-hybridized carbons (Fsp3) is 0.800. The molecule has 6 nitrogen and oxygen atoms in total. The third-order valence-corrected chi connectivity index (χ3v) is 13.5. The Labute approximate surface area is 440 Å². The fourth-order valence-corrected chi connectivity index (χ4v) is 8.84. The lowest BCUT2D eigenvalue weighted by Crippen LogP contribution is -2.30. The summed E-state index contributed by atoms with van der Waals surface area (Å²) < 4.78 is 16.8. The standard InChI is InChI=1S/C65H116O6/c1-4-7-10-13-16-19-22-24-25-26-27-28-29-30-31-32-33-34-35-36-37-38-39-41-43-46-49-52-55-58-64(67)70-61-62(60-69-63(66)57-54-51-48-45-42-21-18-15-12-9-6-3)71-65(68)59-56-53-50-47-44-40-23-20-17-14-11-8-5-2/h11,14,20,22-24,26-27,29-30,62H,4-10,12-13,15-19,21,25,28,31-61H2,1-3H3/b14-11-,23-20-,24-22-,27-26-,30-29-. The molecule has 0 aromatic rings. The van der Waals surface area contributed by atoms with Gasteiger partial charge < -0.3 is 14.2 Å². The van der Waals surface area contributed by atoms with Gasteiger partial charge in [0.1, 0.15) is 13.2 Å². The lowest BCUT2D eigenvalue weighted by Gasteiger charge is -2.18. The zero-order valence-electron chi connectivity index (χ0n) is 47.2. The maximum Gasteiger partial charge on any atom is 0.306 e. The highest BCUT2D eigenvalue weighted by Gasteiger charge is 2.19. The summed E-state index contributed by atoms with van der Waals surface area (Å²) in [5.41, 5.74) is 0. The van der Waals surface area contributed by atoms with E-state index >= 15 is 0 Å². The molecule has 0 heterocycles. The van der Waals surface area contributed by atoms with Gasteiger partial charge in [-0.25, -0.2) is 0 Å². The molecule has 0 saturated heterocycles. The van der Waals surface area contributed by atoms with Crippen LogP contribution in [0.1, 0.15) is 316 Å². The Kier molecular flexibility index (Phi) is 57.2. The highest BCUT2D eigenvalue weighted by Crippen LogP contribution is 2.16. The molecule has 6 heteroatoms. The molecule has 0 aliphatic carbocycles. The average molecular weight is 994 g/mol. The Hall–Kier alpha value is -2.89. The number of ether oxygens (including phenoxy) is 3. The monoisotopic (exact) mass is 993 g/mol. The van der Waals surface area contributed by atoms with Crippen molar-refractivity contribution in [2.75, 3.05) is 13.2 Å². The first kappa shape index (κ1) is 68.1. The van der Waals surface area contributed by atoms with Gasteiger partial charge in [-0.3, -0.25) is 14.4 Å². The summed E-state index contributed by atoms with van der Waals surface area (Å²) >= 11 is 0. The lowest BCUT2D eigenvalue weighted by atomic mass is 10.0. The number of esters is 3. The molecule has 412 valence electrons. The van der Waals surface area contributed by atoms with E-state index in [0.29, 0.717) is 19.3 Å². The van der Waals surface area contributed by atoms with E-state index in [4.69, 9.17) is 14.2 Å². The number of hydrogen-bond donors (Lipinski definition) is 0. The third kappa shape index (κ3) is 57.9. The molecular weight excluding hydrogens is 877 g/mol. The van der Waals surface area contributed by atoms with E-state index in [-0.39, 0.29) is 31.1 Å². The Balaban J connectivity index is 4.15. The van der Waals surface area contributed by atoms with Crippen molar-refractivity contribution in [3.8, 4) is 0 Å². The Morgan fingerprint density at radius 3 is 0.845 bits per heavy atom. The molecule has 0 aliphatic heterocycles. The number of carbonyl (C=O) groups excluding carboxylic acids is 3. The van der Waals surface area contributed by atoms with Gasteiger partial charge >= 0.3 is 17.9 Å². The van der Waals surface area contributed by atoms with E-state index in [1.54, 1.807) is 0 Å². The average Bonchev–Trinajstić information content (AvgIpc) is 3.37. The number of rotatable bonds is 56. The maximum atomic E-state index is 12.8. The number of carbonyl (C=O) groups is 3. The molecule has 1 unspecified atom stereocenters. The van der Waals surface area contributed by atoms with Gasteiger partial charge in [-0.2, -0.15) is 0 Å². The van der Waals surface area contributed by atoms with Crippen LogP contribution >= 0.6 is 0 Å². The molecule has 0 fully saturated rings. The topological polar surface area (TPSA) is 78.9 Å². The molecule has 0 aromatic carbocycles. The molecule has 0 aliphatic rings. The van der Waals surface area contributed by atoms with Crippen LogP contribution in [-0.2, 0) is 28.6 Å². The van der Waals surface area contributed by atoms with Gasteiger partial charge in [-0.15, -0.1) is 0 Å². The van der Waals surface area contributed by atoms with Crippen LogP contribution in [0.4, 0.5) is 0 Å². The first-order chi connectivity index (χ1) is 35.0. The predicted molar refractivity (Wildman–Crippen MR) is 307 cm³/mol. The highest BCUT2D eigenvalue weighted by molar-refractivity contribution is 5.71. The SMILES string of the molecule is CCC/C=C\C/C=C\CCCCCCCC(=O)OC(COC(=O)CCCCCCCCCCCCC)COC(=O)CCCCCCCCCCCCCCCC/C=C\C/C=C\C/C=C\CCCCCCC. The second-order valence-electron chi connectivity index (χ2n) is 20.6. The summed E-state index contributed by atoms with van der Waals surface area (Å²) in [6, 6.07) is 0. The molecule has 0 N–H and O–H groups in total. The lowest BCUT2D eigenvalue weighted by molar-refractivity contribution is -0.167. The fourth-order valence-electron chi connectivity index (χ4n) is 8.84. The summed E-state index contributed by atoms with van der Waals surface area (Å²) in [5.74, 6) is -0.880. The van der Waals surface area contributed by atoms with Crippen molar-refractivity contribution in [2.24, 2.45) is 0 Å². The third-order valence-electron chi connectivity index (χ3n) is 13.5. The minimum atomic E-state index is -0.778. The van der Waals surface area contributed by atoms with Crippen LogP contribution in [0, 0.1) is 0 Å². The second-order valence-corrected chi connectivity index (χ2v) is 20.6. The molecule has 0 radical (unpaired) electrons. The van der Waals surface area contributed by atoms with Crippen molar-refractivity contribution in [1.82, 2.24) is 0 Å². The zero-order valence-corrected chi connectivity index (χ0v) is 47.2. The molecular formula is C65H116O6. The molecule has 0 bridgehead atoms. The van der Waals surface area contributed by atoms with Crippen molar-refractivity contribution < 1.29 is 28.6 Å². The van der Waals surface area contributed by atoms with Crippen molar-refractivity contribution in [2.45, 2.75) is 322 Å².